The minimum absolute atomic E-state index is 0.207. The van der Waals surface area contributed by atoms with E-state index < -0.39 is 6.10 Å². The topological polar surface area (TPSA) is 65.4 Å². The Hall–Kier alpha value is -3.02. The molecule has 0 saturated carbocycles. The number of aromatic nitrogens is 2. The second kappa shape index (κ2) is 6.71. The largest absolute Gasteiger partial charge is 0.482 e. The highest BCUT2D eigenvalue weighted by molar-refractivity contribution is 5.82. The number of hydrogen-bond acceptors (Lipinski definition) is 4. The van der Waals surface area contributed by atoms with E-state index in [0.717, 1.165) is 23.4 Å². The molecule has 134 valence electrons. The monoisotopic (exact) mass is 351 g/mol. The van der Waals surface area contributed by atoms with Crippen LogP contribution in [0.1, 0.15) is 19.7 Å². The summed E-state index contributed by atoms with van der Waals surface area (Å²) >= 11 is 0. The molecule has 0 unspecified atom stereocenters. The van der Waals surface area contributed by atoms with Crippen molar-refractivity contribution in [3.63, 3.8) is 0 Å². The van der Waals surface area contributed by atoms with Crippen LogP contribution >= 0.6 is 0 Å². The van der Waals surface area contributed by atoms with Gasteiger partial charge in [-0.05, 0) is 38.1 Å². The molecule has 3 aromatic rings. The van der Waals surface area contributed by atoms with Crippen LogP contribution in [-0.2, 0) is 17.9 Å². The van der Waals surface area contributed by atoms with Crippen LogP contribution in [0.2, 0.25) is 0 Å². The fraction of sp³-hybridized carbons (Fsp3) is 0.300. The van der Waals surface area contributed by atoms with E-state index in [4.69, 9.17) is 9.47 Å². The molecular formula is C20H21N3O3. The van der Waals surface area contributed by atoms with Crippen LogP contribution in [0.25, 0.3) is 11.0 Å². The number of nitrogens with one attached hydrogen (secondary N) is 1. The highest BCUT2D eigenvalue weighted by Gasteiger charge is 2.34. The molecule has 0 bridgehead atoms. The Balaban J connectivity index is 1.49. The number of hydrogen-bond donors (Lipinski definition) is 1. The molecule has 1 amide bonds. The number of imidazole rings is 1. The van der Waals surface area contributed by atoms with Crippen molar-refractivity contribution < 1.29 is 14.3 Å². The molecule has 0 fully saturated rings. The fourth-order valence-electron chi connectivity index (χ4n) is 3.29. The van der Waals surface area contributed by atoms with Crippen molar-refractivity contribution in [2.45, 2.75) is 39.1 Å². The van der Waals surface area contributed by atoms with Gasteiger partial charge >= 0.3 is 0 Å². The zero-order valence-electron chi connectivity index (χ0n) is 14.8. The van der Waals surface area contributed by atoms with Crippen molar-refractivity contribution >= 4 is 16.9 Å². The van der Waals surface area contributed by atoms with Crippen molar-refractivity contribution in [3.8, 4) is 11.5 Å². The van der Waals surface area contributed by atoms with Gasteiger partial charge in [-0.25, -0.2) is 4.98 Å². The Morgan fingerprint density at radius 2 is 1.81 bits per heavy atom. The first-order valence-electron chi connectivity index (χ1n) is 8.81. The van der Waals surface area contributed by atoms with E-state index >= 15 is 0 Å². The molecule has 2 atom stereocenters. The standard InChI is InChI=1S/C20H21N3O3/c1-3-23-15-9-5-4-8-14(15)22-18(23)12-21-20(24)19-13(2)25-16-10-6-7-11-17(16)26-19/h4-11,13,19H,3,12H2,1-2H3,(H,21,24)/t13-,19+/m1/s1. The van der Waals surface area contributed by atoms with Crippen LogP contribution in [0, 0.1) is 0 Å². The lowest BCUT2D eigenvalue weighted by Gasteiger charge is -2.31. The van der Waals surface area contributed by atoms with Gasteiger partial charge in [0.1, 0.15) is 11.9 Å². The van der Waals surface area contributed by atoms with Crippen LogP contribution in [-0.4, -0.2) is 27.7 Å². The summed E-state index contributed by atoms with van der Waals surface area (Å²) in [5.74, 6) is 1.87. The summed E-state index contributed by atoms with van der Waals surface area (Å²) in [6.07, 6.45) is -1.06. The van der Waals surface area contributed by atoms with E-state index in [9.17, 15) is 4.79 Å². The predicted octanol–water partition coefficient (Wildman–Crippen LogP) is 2.90. The van der Waals surface area contributed by atoms with Crippen molar-refractivity contribution in [1.29, 1.82) is 0 Å². The Bertz CT molecular complexity index is 950. The SMILES string of the molecule is CCn1c(CNC(=O)[C@H]2Oc3ccccc3O[C@@H]2C)nc2ccccc21. The molecule has 2 heterocycles. The number of rotatable bonds is 4. The molecule has 0 saturated heterocycles. The average Bonchev–Trinajstić information content (AvgIpc) is 3.03. The molecule has 6 nitrogen and oxygen atoms in total. The molecule has 1 aliphatic heterocycles. The third-order valence-electron chi connectivity index (χ3n) is 4.57. The molecule has 0 aliphatic carbocycles. The first-order chi connectivity index (χ1) is 12.7. The first kappa shape index (κ1) is 16.4. The highest BCUT2D eigenvalue weighted by atomic mass is 16.6. The number of nitrogens with zero attached hydrogens (tertiary/aromatic N) is 2. The van der Waals surface area contributed by atoms with Gasteiger partial charge in [0.15, 0.2) is 11.5 Å². The maximum absolute atomic E-state index is 12.7. The Kier molecular flexibility index (Phi) is 4.24. The van der Waals surface area contributed by atoms with Crippen LogP contribution in [0.4, 0.5) is 0 Å². The zero-order valence-corrected chi connectivity index (χ0v) is 14.8. The van der Waals surface area contributed by atoms with Crippen LogP contribution in [0.15, 0.2) is 48.5 Å². The third kappa shape index (κ3) is 2.87. The molecule has 0 spiro atoms. The molecule has 2 aromatic carbocycles. The number of ether oxygens (including phenoxy) is 2. The lowest BCUT2D eigenvalue weighted by atomic mass is 10.1. The van der Waals surface area contributed by atoms with Gasteiger partial charge in [0.25, 0.3) is 5.91 Å². The number of aryl methyl sites for hydroxylation is 1. The molecule has 4 rings (SSSR count). The summed E-state index contributed by atoms with van der Waals surface area (Å²) in [6, 6.07) is 15.3. The quantitative estimate of drug-likeness (QED) is 0.785. The van der Waals surface area contributed by atoms with Crippen LogP contribution in [0.5, 0.6) is 11.5 Å². The van der Waals surface area contributed by atoms with Gasteiger partial charge in [-0.2, -0.15) is 0 Å². The van der Waals surface area contributed by atoms with Gasteiger partial charge < -0.3 is 19.4 Å². The number of amides is 1. The van der Waals surface area contributed by atoms with Gasteiger partial charge in [-0.1, -0.05) is 24.3 Å². The number of carbonyl (C=O) groups is 1. The molecule has 1 N–H and O–H groups in total. The number of para-hydroxylation sites is 4. The second-order valence-corrected chi connectivity index (χ2v) is 6.29. The molecular weight excluding hydrogens is 330 g/mol. The molecule has 6 heteroatoms. The Labute approximate surface area is 151 Å². The lowest BCUT2D eigenvalue weighted by molar-refractivity contribution is -0.133. The average molecular weight is 351 g/mol. The first-order valence-corrected chi connectivity index (χ1v) is 8.81. The normalized spacial score (nSPS) is 18.7. The van der Waals surface area contributed by atoms with Gasteiger partial charge in [0, 0.05) is 6.54 Å². The summed E-state index contributed by atoms with van der Waals surface area (Å²) in [5, 5.41) is 2.94. The van der Waals surface area contributed by atoms with Crippen molar-refractivity contribution in [2.24, 2.45) is 0 Å². The minimum atomic E-state index is -0.690. The van der Waals surface area contributed by atoms with E-state index in [-0.39, 0.29) is 12.0 Å². The molecule has 0 radical (unpaired) electrons. The van der Waals surface area contributed by atoms with Crippen molar-refractivity contribution in [1.82, 2.24) is 14.9 Å². The van der Waals surface area contributed by atoms with E-state index in [1.165, 1.54) is 0 Å². The van der Waals surface area contributed by atoms with E-state index in [1.807, 2.05) is 49.4 Å². The van der Waals surface area contributed by atoms with Crippen LogP contribution < -0.4 is 14.8 Å². The van der Waals surface area contributed by atoms with E-state index in [0.29, 0.717) is 18.0 Å². The summed E-state index contributed by atoms with van der Waals surface area (Å²) < 4.78 is 13.8. The smallest absolute Gasteiger partial charge is 0.265 e. The third-order valence-corrected chi connectivity index (χ3v) is 4.57. The number of benzene rings is 2. The Morgan fingerprint density at radius 3 is 2.58 bits per heavy atom. The van der Waals surface area contributed by atoms with Crippen molar-refractivity contribution in [2.75, 3.05) is 0 Å². The van der Waals surface area contributed by atoms with Gasteiger partial charge in [-0.3, -0.25) is 4.79 Å². The summed E-state index contributed by atoms with van der Waals surface area (Å²) in [4.78, 5) is 17.3. The molecule has 1 aromatic heterocycles. The number of fused-ring (bicyclic) bond motifs is 2. The van der Waals surface area contributed by atoms with Gasteiger partial charge in [-0.15, -0.1) is 0 Å². The van der Waals surface area contributed by atoms with Crippen LogP contribution in [0.3, 0.4) is 0 Å². The summed E-state index contributed by atoms with van der Waals surface area (Å²) in [5.41, 5.74) is 2.00. The van der Waals surface area contributed by atoms with Gasteiger partial charge in [0.05, 0.1) is 17.6 Å². The number of carbonyl (C=O) groups excluding carboxylic acids is 1. The highest BCUT2D eigenvalue weighted by Crippen LogP contribution is 2.33. The predicted molar refractivity (Wildman–Crippen MR) is 98.2 cm³/mol. The summed E-state index contributed by atoms with van der Waals surface area (Å²) in [6.45, 7) is 5.03. The zero-order chi connectivity index (χ0) is 18.1. The Morgan fingerprint density at radius 1 is 1.12 bits per heavy atom. The lowest BCUT2D eigenvalue weighted by Crippen LogP contribution is -2.49. The fourth-order valence-corrected chi connectivity index (χ4v) is 3.29. The van der Waals surface area contributed by atoms with Gasteiger partial charge in [0.2, 0.25) is 6.10 Å². The maximum Gasteiger partial charge on any atom is 0.265 e. The van der Waals surface area contributed by atoms with E-state index in [2.05, 4.69) is 21.8 Å². The molecule has 1 aliphatic rings. The minimum Gasteiger partial charge on any atom is -0.482 e. The molecule has 26 heavy (non-hydrogen) atoms. The van der Waals surface area contributed by atoms with E-state index in [1.54, 1.807) is 6.07 Å². The second-order valence-electron chi connectivity index (χ2n) is 6.29. The summed E-state index contributed by atoms with van der Waals surface area (Å²) in [7, 11) is 0. The van der Waals surface area contributed by atoms with Crippen molar-refractivity contribution in [3.05, 3.63) is 54.4 Å². The maximum atomic E-state index is 12.7.